The molecular formula is C19H19FN4O4. The van der Waals surface area contributed by atoms with Crippen molar-refractivity contribution in [3.8, 4) is 11.5 Å². The summed E-state index contributed by atoms with van der Waals surface area (Å²) in [5.74, 6) is -0.371. The summed E-state index contributed by atoms with van der Waals surface area (Å²) in [7, 11) is 1.57. The summed E-state index contributed by atoms with van der Waals surface area (Å²) in [5, 5.41) is 6.30. The lowest BCUT2D eigenvalue weighted by atomic mass is 10.2. The number of aryl methyl sites for hydroxylation is 1. The van der Waals surface area contributed by atoms with Crippen molar-refractivity contribution in [1.29, 1.82) is 0 Å². The number of halogens is 1. The van der Waals surface area contributed by atoms with Crippen molar-refractivity contribution in [3.63, 3.8) is 0 Å². The van der Waals surface area contributed by atoms with E-state index in [0.29, 0.717) is 24.4 Å². The normalized spacial score (nSPS) is 10.8. The molecule has 2 heterocycles. The van der Waals surface area contributed by atoms with E-state index in [1.807, 2.05) is 0 Å². The number of benzene rings is 1. The molecule has 28 heavy (non-hydrogen) atoms. The van der Waals surface area contributed by atoms with Gasteiger partial charge in [0.2, 0.25) is 5.91 Å². The van der Waals surface area contributed by atoms with E-state index in [-0.39, 0.29) is 23.7 Å². The molecule has 0 unspecified atom stereocenters. The summed E-state index contributed by atoms with van der Waals surface area (Å²) in [6.45, 7) is 1.91. The fourth-order valence-corrected chi connectivity index (χ4v) is 2.51. The number of pyridine rings is 1. The molecule has 0 aliphatic carbocycles. The van der Waals surface area contributed by atoms with Crippen LogP contribution in [0.2, 0.25) is 0 Å². The predicted octanol–water partition coefficient (Wildman–Crippen LogP) is 2.17. The molecule has 1 N–H and O–H groups in total. The number of hydrogen-bond acceptors (Lipinski definition) is 6. The molecule has 9 heteroatoms. The molecular weight excluding hydrogens is 367 g/mol. The summed E-state index contributed by atoms with van der Waals surface area (Å²) < 4.78 is 25.2. The van der Waals surface area contributed by atoms with Gasteiger partial charge in [0.25, 0.3) is 11.4 Å². The lowest BCUT2D eigenvalue weighted by molar-refractivity contribution is -0.116. The number of carbonyl (C=O) groups excluding carboxylic acids is 1. The third-order valence-corrected chi connectivity index (χ3v) is 3.94. The van der Waals surface area contributed by atoms with Crippen LogP contribution < -0.4 is 10.9 Å². The van der Waals surface area contributed by atoms with Gasteiger partial charge in [-0.25, -0.2) is 4.39 Å². The molecule has 0 spiro atoms. The smallest absolute Gasteiger partial charge is 0.259 e. The molecule has 2 aromatic heterocycles. The van der Waals surface area contributed by atoms with E-state index in [0.717, 1.165) is 5.56 Å². The average molecular weight is 386 g/mol. The Kier molecular flexibility index (Phi) is 5.95. The number of methoxy groups -OCH3 is 1. The number of nitrogens with one attached hydrogen (secondary N) is 1. The molecule has 0 aliphatic rings. The minimum absolute atomic E-state index is 0.0551. The van der Waals surface area contributed by atoms with E-state index >= 15 is 0 Å². The summed E-state index contributed by atoms with van der Waals surface area (Å²) in [6.07, 6.45) is 1.94. The lowest BCUT2D eigenvalue weighted by Gasteiger charge is -2.09. The molecule has 0 bridgehead atoms. The first-order chi connectivity index (χ1) is 13.5. The molecule has 146 valence electrons. The van der Waals surface area contributed by atoms with Gasteiger partial charge in [-0.3, -0.25) is 9.59 Å². The minimum atomic E-state index is -0.538. The Labute approximate surface area is 160 Å². The lowest BCUT2D eigenvalue weighted by Crippen LogP contribution is -2.27. The highest BCUT2D eigenvalue weighted by Crippen LogP contribution is 2.17. The minimum Gasteiger partial charge on any atom is -0.384 e. The number of hydrogen-bond donors (Lipinski definition) is 1. The van der Waals surface area contributed by atoms with Crippen LogP contribution in [0, 0.1) is 12.7 Å². The zero-order valence-electron chi connectivity index (χ0n) is 15.4. The van der Waals surface area contributed by atoms with E-state index in [9.17, 15) is 14.0 Å². The Bertz CT molecular complexity index is 1040. The SMILES string of the molecule is COCCc1noc(-c2ccc(=O)n(CC(=O)Nc3ccc(C)cc3F)c2)n1. The number of carbonyl (C=O) groups is 1. The van der Waals surface area contributed by atoms with Crippen LogP contribution in [-0.4, -0.2) is 34.3 Å². The van der Waals surface area contributed by atoms with Gasteiger partial charge in [0.05, 0.1) is 17.9 Å². The first kappa shape index (κ1) is 19.4. The van der Waals surface area contributed by atoms with Crippen molar-refractivity contribution in [2.75, 3.05) is 19.0 Å². The average Bonchev–Trinajstić information content (AvgIpc) is 3.13. The maximum atomic E-state index is 13.9. The number of ether oxygens (including phenoxy) is 1. The summed E-state index contributed by atoms with van der Waals surface area (Å²) in [4.78, 5) is 28.5. The summed E-state index contributed by atoms with van der Waals surface area (Å²) in [6, 6.07) is 7.31. The van der Waals surface area contributed by atoms with Gasteiger partial charge in [0.15, 0.2) is 5.82 Å². The largest absolute Gasteiger partial charge is 0.384 e. The topological polar surface area (TPSA) is 99.3 Å². The molecule has 0 fully saturated rings. The maximum Gasteiger partial charge on any atom is 0.259 e. The summed E-state index contributed by atoms with van der Waals surface area (Å²) >= 11 is 0. The van der Waals surface area contributed by atoms with Gasteiger partial charge < -0.3 is 19.1 Å². The van der Waals surface area contributed by atoms with Crippen molar-refractivity contribution in [1.82, 2.24) is 14.7 Å². The second-order valence-corrected chi connectivity index (χ2v) is 6.17. The molecule has 3 aromatic rings. The second-order valence-electron chi connectivity index (χ2n) is 6.17. The number of rotatable bonds is 7. The van der Waals surface area contributed by atoms with Crippen LogP contribution in [0.5, 0.6) is 0 Å². The molecule has 3 rings (SSSR count). The van der Waals surface area contributed by atoms with Gasteiger partial charge in [-0.05, 0) is 30.7 Å². The van der Waals surface area contributed by atoms with E-state index in [2.05, 4.69) is 15.5 Å². The van der Waals surface area contributed by atoms with Gasteiger partial charge in [-0.2, -0.15) is 4.98 Å². The third kappa shape index (κ3) is 4.68. The molecule has 0 atom stereocenters. The van der Waals surface area contributed by atoms with Crippen LogP contribution in [0.3, 0.4) is 0 Å². The number of anilines is 1. The van der Waals surface area contributed by atoms with E-state index < -0.39 is 11.7 Å². The highest BCUT2D eigenvalue weighted by molar-refractivity contribution is 5.90. The van der Waals surface area contributed by atoms with E-state index in [4.69, 9.17) is 9.26 Å². The first-order valence-electron chi connectivity index (χ1n) is 8.54. The van der Waals surface area contributed by atoms with Crippen molar-refractivity contribution in [3.05, 3.63) is 64.1 Å². The standard InChI is InChI=1S/C19H19FN4O4/c1-12-3-5-15(14(20)9-12)21-17(25)11-24-10-13(4-6-18(24)26)19-22-16(23-28-19)7-8-27-2/h3-6,9-10H,7-8,11H2,1-2H3,(H,21,25). The van der Waals surface area contributed by atoms with Crippen LogP contribution in [-0.2, 0) is 22.5 Å². The van der Waals surface area contributed by atoms with E-state index in [1.54, 1.807) is 20.1 Å². The number of amides is 1. The highest BCUT2D eigenvalue weighted by atomic mass is 19.1. The van der Waals surface area contributed by atoms with Crippen molar-refractivity contribution < 1.29 is 18.4 Å². The number of aromatic nitrogens is 3. The fourth-order valence-electron chi connectivity index (χ4n) is 2.51. The van der Waals surface area contributed by atoms with Gasteiger partial charge in [-0.15, -0.1) is 0 Å². The van der Waals surface area contributed by atoms with Crippen LogP contribution in [0.1, 0.15) is 11.4 Å². The first-order valence-corrected chi connectivity index (χ1v) is 8.54. The van der Waals surface area contributed by atoms with Gasteiger partial charge >= 0.3 is 0 Å². The van der Waals surface area contributed by atoms with Crippen molar-refractivity contribution in [2.45, 2.75) is 19.9 Å². The molecule has 0 aliphatic heterocycles. The van der Waals surface area contributed by atoms with Gasteiger partial charge in [0, 0.05) is 25.8 Å². The van der Waals surface area contributed by atoms with Crippen LogP contribution >= 0.6 is 0 Å². The maximum absolute atomic E-state index is 13.9. The second kappa shape index (κ2) is 8.57. The van der Waals surface area contributed by atoms with Crippen molar-refractivity contribution in [2.24, 2.45) is 0 Å². The zero-order chi connectivity index (χ0) is 20.1. The summed E-state index contributed by atoms with van der Waals surface area (Å²) in [5.41, 5.74) is 0.899. The monoisotopic (exact) mass is 386 g/mol. The number of nitrogens with zero attached hydrogens (tertiary/aromatic N) is 3. The Morgan fingerprint density at radius 3 is 2.89 bits per heavy atom. The predicted molar refractivity (Wildman–Crippen MR) is 99.3 cm³/mol. The molecule has 1 aromatic carbocycles. The fraction of sp³-hybridized carbons (Fsp3) is 0.263. The Morgan fingerprint density at radius 2 is 2.14 bits per heavy atom. The molecule has 0 saturated carbocycles. The Hall–Kier alpha value is -3.33. The molecule has 0 radical (unpaired) electrons. The zero-order valence-corrected chi connectivity index (χ0v) is 15.4. The van der Waals surface area contributed by atoms with Gasteiger partial charge in [-0.1, -0.05) is 11.2 Å². The quantitative estimate of drug-likeness (QED) is 0.668. The van der Waals surface area contributed by atoms with Crippen molar-refractivity contribution >= 4 is 11.6 Å². The van der Waals surface area contributed by atoms with E-state index in [1.165, 1.54) is 35.0 Å². The highest BCUT2D eigenvalue weighted by Gasteiger charge is 2.13. The molecule has 1 amide bonds. The van der Waals surface area contributed by atoms with Crippen LogP contribution in [0.15, 0.2) is 45.8 Å². The Morgan fingerprint density at radius 1 is 1.32 bits per heavy atom. The third-order valence-electron chi connectivity index (χ3n) is 3.94. The molecule has 8 nitrogen and oxygen atoms in total. The van der Waals surface area contributed by atoms with Crippen LogP contribution in [0.4, 0.5) is 10.1 Å². The van der Waals surface area contributed by atoms with Crippen LogP contribution in [0.25, 0.3) is 11.5 Å². The van der Waals surface area contributed by atoms with Gasteiger partial charge in [0.1, 0.15) is 12.4 Å². The Balaban J connectivity index is 1.75. The molecule has 0 saturated heterocycles.